The summed E-state index contributed by atoms with van der Waals surface area (Å²) in [5.74, 6) is 0.143. The topological polar surface area (TPSA) is 123 Å². The van der Waals surface area contributed by atoms with Crippen molar-refractivity contribution >= 4 is 40.6 Å². The molecule has 3 aromatic rings. The molecule has 0 aliphatic heterocycles. The average molecular weight is 633 g/mol. The number of benzene rings is 3. The smallest absolute Gasteiger partial charge is 0.323 e. The predicted molar refractivity (Wildman–Crippen MR) is 183 cm³/mol. The molecular weight excluding hydrogens is 588 g/mol. The summed E-state index contributed by atoms with van der Waals surface area (Å²) in [6.07, 6.45) is 3.39. The summed E-state index contributed by atoms with van der Waals surface area (Å²) < 4.78 is 6.49. The summed E-state index contributed by atoms with van der Waals surface area (Å²) in [6, 6.07) is 16.6. The van der Waals surface area contributed by atoms with Crippen LogP contribution in [0.25, 0.3) is 0 Å². The van der Waals surface area contributed by atoms with Crippen molar-refractivity contribution < 1.29 is 19.4 Å². The number of phenolic OH excluding ortho intramolecular Hbond substituents is 1. The molecule has 0 saturated carbocycles. The molecule has 3 amide bonds. The monoisotopic (exact) mass is 632 g/mol. The minimum absolute atomic E-state index is 0.0105. The number of anilines is 3. The molecule has 0 fully saturated rings. The van der Waals surface area contributed by atoms with Crippen molar-refractivity contribution in [1.29, 1.82) is 5.26 Å². The van der Waals surface area contributed by atoms with Crippen LogP contribution in [0.5, 0.6) is 11.5 Å². The van der Waals surface area contributed by atoms with Gasteiger partial charge in [-0.25, -0.2) is 4.79 Å². The molecule has 9 heteroatoms. The molecular formula is C36H45ClN4O4. The van der Waals surface area contributed by atoms with Crippen LogP contribution in [-0.2, 0) is 15.6 Å². The lowest BCUT2D eigenvalue weighted by Crippen LogP contribution is -2.34. The number of hydrogen-bond donors (Lipinski definition) is 4. The molecule has 3 rings (SSSR count). The Morgan fingerprint density at radius 1 is 0.911 bits per heavy atom. The van der Waals surface area contributed by atoms with E-state index in [1.54, 1.807) is 12.1 Å². The maximum absolute atomic E-state index is 13.5. The first-order valence-corrected chi connectivity index (χ1v) is 15.9. The van der Waals surface area contributed by atoms with Crippen LogP contribution in [0.4, 0.5) is 21.9 Å². The van der Waals surface area contributed by atoms with Gasteiger partial charge in [0.25, 0.3) is 5.91 Å². The minimum Gasteiger partial charge on any atom is -0.506 e. The van der Waals surface area contributed by atoms with Crippen molar-refractivity contribution in [2.45, 2.75) is 97.5 Å². The van der Waals surface area contributed by atoms with Gasteiger partial charge in [0.15, 0.2) is 6.10 Å². The highest BCUT2D eigenvalue weighted by Gasteiger charge is 2.29. The number of ether oxygens (including phenoxy) is 1. The van der Waals surface area contributed by atoms with Gasteiger partial charge in [-0.15, -0.1) is 0 Å². The van der Waals surface area contributed by atoms with E-state index in [9.17, 15) is 14.7 Å². The fourth-order valence-electron chi connectivity index (χ4n) is 4.67. The molecule has 0 aliphatic carbocycles. The Morgan fingerprint density at radius 3 is 2.20 bits per heavy atom. The number of carbonyl (C=O) groups excluding carboxylic acids is 2. The summed E-state index contributed by atoms with van der Waals surface area (Å²) in [6.45, 7) is 15.3. The van der Waals surface area contributed by atoms with Crippen molar-refractivity contribution in [2.75, 3.05) is 16.0 Å². The van der Waals surface area contributed by atoms with E-state index in [1.165, 1.54) is 29.8 Å². The maximum atomic E-state index is 13.5. The lowest BCUT2D eigenvalue weighted by Gasteiger charge is -2.31. The Morgan fingerprint density at radius 2 is 1.58 bits per heavy atom. The van der Waals surface area contributed by atoms with Crippen molar-refractivity contribution in [1.82, 2.24) is 0 Å². The predicted octanol–water partition coefficient (Wildman–Crippen LogP) is 9.51. The Balaban J connectivity index is 1.78. The van der Waals surface area contributed by atoms with Crippen LogP contribution in [0.1, 0.15) is 97.3 Å². The minimum atomic E-state index is -0.746. The van der Waals surface area contributed by atoms with Crippen LogP contribution in [-0.4, -0.2) is 23.1 Å². The van der Waals surface area contributed by atoms with Crippen LogP contribution < -0.4 is 20.7 Å². The van der Waals surface area contributed by atoms with Gasteiger partial charge in [0.2, 0.25) is 0 Å². The molecule has 0 saturated heterocycles. The Hall–Kier alpha value is -4.22. The standard InChI is InChI=1S/C36H45ClN4O4/c1-8-11-12-32(45-31-18-13-24(35(4,5)9-2)20-27(31)36(6,7)10-3)33(43)39-26-15-17-29(30(42)21-26)41-34(44)40-25-14-16-28(37)23(19-25)22-38/h13-21,32,42H,8-12H2,1-7H3,(H,39,43)(H2,40,41,44)/t32-/m1/s1. The van der Waals surface area contributed by atoms with E-state index in [0.717, 1.165) is 31.2 Å². The number of nitriles is 1. The highest BCUT2D eigenvalue weighted by molar-refractivity contribution is 6.31. The van der Waals surface area contributed by atoms with E-state index >= 15 is 0 Å². The van der Waals surface area contributed by atoms with Gasteiger partial charge in [0.1, 0.15) is 17.6 Å². The van der Waals surface area contributed by atoms with Crippen LogP contribution in [0.3, 0.4) is 0 Å². The van der Waals surface area contributed by atoms with Crippen molar-refractivity contribution in [3.05, 3.63) is 76.3 Å². The summed E-state index contributed by atoms with van der Waals surface area (Å²) in [7, 11) is 0. The second kappa shape index (κ2) is 15.2. The first-order chi connectivity index (χ1) is 21.2. The molecule has 3 aromatic carbocycles. The van der Waals surface area contributed by atoms with E-state index in [2.05, 4.69) is 76.5 Å². The number of carbonyl (C=O) groups is 2. The zero-order chi connectivity index (χ0) is 33.4. The fraction of sp³-hybridized carbons (Fsp3) is 0.417. The van der Waals surface area contributed by atoms with Gasteiger partial charge in [-0.1, -0.05) is 78.6 Å². The third kappa shape index (κ3) is 9.15. The van der Waals surface area contributed by atoms with Gasteiger partial charge in [-0.2, -0.15) is 5.26 Å². The van der Waals surface area contributed by atoms with Crippen LogP contribution in [0, 0.1) is 11.3 Å². The first kappa shape index (κ1) is 35.3. The molecule has 45 heavy (non-hydrogen) atoms. The zero-order valence-electron chi connectivity index (χ0n) is 27.3. The number of nitrogens with one attached hydrogen (secondary N) is 3. The largest absolute Gasteiger partial charge is 0.506 e. The molecule has 8 nitrogen and oxygen atoms in total. The molecule has 240 valence electrons. The second-order valence-corrected chi connectivity index (χ2v) is 12.9. The van der Waals surface area contributed by atoms with Crippen LogP contribution >= 0.6 is 11.6 Å². The first-order valence-electron chi connectivity index (χ1n) is 15.5. The van der Waals surface area contributed by atoms with E-state index in [-0.39, 0.29) is 38.8 Å². The Labute approximate surface area is 272 Å². The Kier molecular flexibility index (Phi) is 11.9. The molecule has 0 aliphatic rings. The molecule has 1 atom stereocenters. The van der Waals surface area contributed by atoms with E-state index in [4.69, 9.17) is 21.6 Å². The fourth-order valence-corrected chi connectivity index (χ4v) is 4.83. The van der Waals surface area contributed by atoms with Gasteiger partial charge >= 0.3 is 6.03 Å². The van der Waals surface area contributed by atoms with E-state index in [0.29, 0.717) is 23.5 Å². The van der Waals surface area contributed by atoms with Gasteiger partial charge < -0.3 is 25.8 Å². The molecule has 0 heterocycles. The summed E-state index contributed by atoms with van der Waals surface area (Å²) in [5.41, 5.74) is 3.25. The average Bonchev–Trinajstić information content (AvgIpc) is 3.01. The lowest BCUT2D eigenvalue weighted by molar-refractivity contribution is -0.123. The number of urea groups is 1. The number of unbranched alkanes of at least 4 members (excludes halogenated alkanes) is 1. The van der Waals surface area contributed by atoms with Crippen molar-refractivity contribution in [3.8, 4) is 17.6 Å². The number of aromatic hydroxyl groups is 1. The molecule has 0 aromatic heterocycles. The number of rotatable bonds is 13. The summed E-state index contributed by atoms with van der Waals surface area (Å²) in [4.78, 5) is 26.1. The highest BCUT2D eigenvalue weighted by atomic mass is 35.5. The summed E-state index contributed by atoms with van der Waals surface area (Å²) in [5, 5.41) is 28.1. The number of amides is 3. The van der Waals surface area contributed by atoms with Crippen molar-refractivity contribution in [3.63, 3.8) is 0 Å². The van der Waals surface area contributed by atoms with Gasteiger partial charge in [-0.05, 0) is 78.5 Å². The third-order valence-corrected chi connectivity index (χ3v) is 8.83. The zero-order valence-corrected chi connectivity index (χ0v) is 28.1. The molecule has 0 unspecified atom stereocenters. The lowest BCUT2D eigenvalue weighted by atomic mass is 9.76. The van der Waals surface area contributed by atoms with Crippen LogP contribution in [0.2, 0.25) is 5.02 Å². The second-order valence-electron chi connectivity index (χ2n) is 12.5. The Bertz CT molecular complexity index is 1560. The van der Waals surface area contributed by atoms with Gasteiger partial charge in [0.05, 0.1) is 16.3 Å². The third-order valence-electron chi connectivity index (χ3n) is 8.50. The van der Waals surface area contributed by atoms with E-state index in [1.807, 2.05) is 12.1 Å². The van der Waals surface area contributed by atoms with Crippen molar-refractivity contribution in [2.24, 2.45) is 0 Å². The maximum Gasteiger partial charge on any atom is 0.323 e. The number of nitrogens with zero attached hydrogens (tertiary/aromatic N) is 1. The molecule has 0 bridgehead atoms. The molecule has 0 spiro atoms. The molecule has 4 N–H and O–H groups in total. The number of phenols is 1. The number of hydrogen-bond acceptors (Lipinski definition) is 5. The SMILES string of the molecule is CCCC[C@@H](Oc1ccc(C(C)(C)CC)cc1C(C)(C)CC)C(=O)Nc1ccc(NC(=O)Nc2ccc(Cl)c(C#N)c2)c(O)c1. The van der Waals surface area contributed by atoms with E-state index < -0.39 is 12.1 Å². The van der Waals surface area contributed by atoms with Gasteiger partial charge in [0, 0.05) is 23.0 Å². The summed E-state index contributed by atoms with van der Waals surface area (Å²) >= 11 is 5.95. The quantitative estimate of drug-likeness (QED) is 0.140. The molecule has 0 radical (unpaired) electrons. The normalized spacial score (nSPS) is 12.2. The highest BCUT2D eigenvalue weighted by Crippen LogP contribution is 2.39. The number of halogens is 1. The van der Waals surface area contributed by atoms with Crippen LogP contribution in [0.15, 0.2) is 54.6 Å². The van der Waals surface area contributed by atoms with Gasteiger partial charge in [-0.3, -0.25) is 4.79 Å².